The fraction of sp³-hybridized carbons (Fsp3) is 0.182. The Balaban J connectivity index is 2.84. The first kappa shape index (κ1) is 8.73. The van der Waals surface area contributed by atoms with Crippen LogP contribution in [0.1, 0.15) is 0 Å². The van der Waals surface area contributed by atoms with Gasteiger partial charge in [-0.1, -0.05) is 0 Å². The van der Waals surface area contributed by atoms with Gasteiger partial charge in [0.1, 0.15) is 12.7 Å². The van der Waals surface area contributed by atoms with Crippen LogP contribution in [0.25, 0.3) is 11.0 Å². The molecule has 0 aromatic carbocycles. The molecule has 70 valence electrons. The van der Waals surface area contributed by atoms with Crippen molar-refractivity contribution in [3.8, 4) is 0 Å². The first-order chi connectivity index (χ1) is 6.74. The highest BCUT2D eigenvalue weighted by atomic mass is 15.0. The lowest BCUT2D eigenvalue weighted by Crippen LogP contribution is -1.96. The summed E-state index contributed by atoms with van der Waals surface area (Å²) in [7, 11) is 3.91. The average Bonchev–Trinajstić information content (AvgIpc) is 2.59. The fourth-order valence-electron chi connectivity index (χ4n) is 1.53. The predicted molar refractivity (Wildman–Crippen MR) is 57.2 cm³/mol. The zero-order valence-corrected chi connectivity index (χ0v) is 8.36. The van der Waals surface area contributed by atoms with Crippen LogP contribution in [0.15, 0.2) is 31.1 Å². The molecule has 14 heavy (non-hydrogen) atoms. The van der Waals surface area contributed by atoms with Crippen LogP contribution in [0.5, 0.6) is 0 Å². The Morgan fingerprint density at radius 1 is 1.50 bits per heavy atom. The maximum absolute atomic E-state index is 4.31. The van der Waals surface area contributed by atoms with Gasteiger partial charge in [0.05, 0.1) is 5.39 Å². The quantitative estimate of drug-likeness (QED) is 0.490. The van der Waals surface area contributed by atoms with Gasteiger partial charge >= 0.3 is 0 Å². The van der Waals surface area contributed by atoms with Crippen molar-refractivity contribution in [3.05, 3.63) is 31.1 Å². The van der Waals surface area contributed by atoms with Gasteiger partial charge in [-0.25, -0.2) is 4.98 Å². The lowest BCUT2D eigenvalue weighted by Gasteiger charge is -1.96. The van der Waals surface area contributed by atoms with E-state index in [-0.39, 0.29) is 0 Å². The Bertz CT molecular complexity index is 530. The summed E-state index contributed by atoms with van der Waals surface area (Å²) in [6, 6.07) is 4.01. The lowest BCUT2D eigenvalue weighted by atomic mass is 10.3. The van der Waals surface area contributed by atoms with Gasteiger partial charge in [-0.05, 0) is 6.07 Å². The molecule has 0 aliphatic heterocycles. The highest BCUT2D eigenvalue weighted by Gasteiger charge is 2.11. The van der Waals surface area contributed by atoms with Gasteiger partial charge in [0, 0.05) is 32.1 Å². The van der Waals surface area contributed by atoms with Gasteiger partial charge < -0.3 is 4.57 Å². The Labute approximate surface area is 82.6 Å². The second kappa shape index (κ2) is 3.13. The van der Waals surface area contributed by atoms with Crippen molar-refractivity contribution in [1.82, 2.24) is 9.55 Å². The summed E-state index contributed by atoms with van der Waals surface area (Å²) < 4.78 is 3.86. The molecule has 2 aromatic rings. The molecular weight excluding hydrogens is 174 g/mol. The molecule has 0 saturated heterocycles. The van der Waals surface area contributed by atoms with E-state index < -0.39 is 0 Å². The van der Waals surface area contributed by atoms with Gasteiger partial charge in [0.2, 0.25) is 5.69 Å². The molecule has 0 spiro atoms. The van der Waals surface area contributed by atoms with E-state index in [9.17, 15) is 0 Å². The van der Waals surface area contributed by atoms with Gasteiger partial charge in [-0.2, -0.15) is 4.58 Å². The summed E-state index contributed by atoms with van der Waals surface area (Å²) in [5.74, 6) is 2.83. The van der Waals surface area contributed by atoms with Gasteiger partial charge in [-0.3, -0.25) is 0 Å². The van der Waals surface area contributed by atoms with Crippen LogP contribution < -0.4 is 0 Å². The first-order valence-electron chi connectivity index (χ1n) is 4.40. The number of hydrogen-bond acceptors (Lipinski definition) is 1. The zero-order valence-electron chi connectivity index (χ0n) is 8.36. The number of nitrogens with zero attached hydrogens (tertiary/aromatic N) is 3. The van der Waals surface area contributed by atoms with E-state index in [1.807, 2.05) is 41.6 Å². The van der Waals surface area contributed by atoms with E-state index in [1.165, 1.54) is 0 Å². The SMILES string of the molecule is C=C=[N+](C)c1ccnc2c1ccn2C. The first-order valence-corrected chi connectivity index (χ1v) is 4.40. The molecule has 3 heteroatoms. The van der Waals surface area contributed by atoms with Crippen molar-refractivity contribution < 1.29 is 4.58 Å². The van der Waals surface area contributed by atoms with E-state index in [2.05, 4.69) is 17.4 Å². The zero-order chi connectivity index (χ0) is 10.1. The summed E-state index contributed by atoms with van der Waals surface area (Å²) in [6.45, 7) is 3.62. The van der Waals surface area contributed by atoms with Crippen LogP contribution in [-0.2, 0) is 7.05 Å². The van der Waals surface area contributed by atoms with Crippen LogP contribution >= 0.6 is 0 Å². The standard InChI is InChI=1S/C11H12N3/c1-4-13(2)10-5-7-12-11-9(10)6-8-14(11)3/h5-8H,1H2,2-3H3/q+1. The monoisotopic (exact) mass is 186 g/mol. The molecule has 0 aliphatic carbocycles. The molecule has 2 rings (SSSR count). The molecule has 0 atom stereocenters. The number of pyridine rings is 1. The van der Waals surface area contributed by atoms with E-state index >= 15 is 0 Å². The molecule has 0 N–H and O–H groups in total. The topological polar surface area (TPSA) is 20.8 Å². The van der Waals surface area contributed by atoms with Crippen molar-refractivity contribution in [3.63, 3.8) is 0 Å². The number of hydrogen-bond donors (Lipinski definition) is 0. The van der Waals surface area contributed by atoms with Gasteiger partial charge in [0.25, 0.3) is 0 Å². The summed E-state index contributed by atoms with van der Waals surface area (Å²) in [5.41, 5.74) is 2.05. The third-order valence-electron chi connectivity index (χ3n) is 2.34. The summed E-state index contributed by atoms with van der Waals surface area (Å²) in [4.78, 5) is 4.31. The Morgan fingerprint density at radius 2 is 2.29 bits per heavy atom. The number of fused-ring (bicyclic) bond motifs is 1. The Morgan fingerprint density at radius 3 is 3.00 bits per heavy atom. The smallest absolute Gasteiger partial charge is 0.226 e. The fourth-order valence-corrected chi connectivity index (χ4v) is 1.53. The minimum absolute atomic E-state index is 0.976. The average molecular weight is 186 g/mol. The maximum atomic E-state index is 4.31. The van der Waals surface area contributed by atoms with Crippen molar-refractivity contribution in [2.24, 2.45) is 7.05 Å². The van der Waals surface area contributed by atoms with Crippen molar-refractivity contribution in [2.75, 3.05) is 7.05 Å². The van der Waals surface area contributed by atoms with E-state index in [1.54, 1.807) is 6.20 Å². The molecule has 0 saturated carbocycles. The molecular formula is C11H12N3+. The molecule has 0 fully saturated rings. The van der Waals surface area contributed by atoms with Crippen LogP contribution in [0.3, 0.4) is 0 Å². The molecule has 0 amide bonds. The molecule has 0 unspecified atom stereocenters. The molecule has 2 aromatic heterocycles. The van der Waals surface area contributed by atoms with Gasteiger partial charge in [-0.15, -0.1) is 0 Å². The number of aryl methyl sites for hydroxylation is 1. The summed E-state index contributed by atoms with van der Waals surface area (Å²) in [6.07, 6.45) is 3.80. The molecule has 0 radical (unpaired) electrons. The molecule has 0 aliphatic rings. The predicted octanol–water partition coefficient (Wildman–Crippen LogP) is 1.70. The van der Waals surface area contributed by atoms with Crippen LogP contribution in [0.2, 0.25) is 0 Å². The lowest BCUT2D eigenvalue weighted by molar-refractivity contribution is -0.394. The minimum atomic E-state index is 0.976. The second-order valence-electron chi connectivity index (χ2n) is 3.21. The number of rotatable bonds is 1. The molecule has 0 bridgehead atoms. The van der Waals surface area contributed by atoms with Crippen molar-refractivity contribution in [1.29, 1.82) is 0 Å². The Kier molecular flexibility index (Phi) is 1.95. The minimum Gasteiger partial charge on any atom is -0.335 e. The highest BCUT2D eigenvalue weighted by molar-refractivity contribution is 5.86. The third kappa shape index (κ3) is 1.15. The van der Waals surface area contributed by atoms with Crippen molar-refractivity contribution in [2.45, 2.75) is 0 Å². The normalized spacial score (nSPS) is 10.1. The number of aromatic nitrogens is 2. The molecule has 2 heterocycles. The van der Waals surface area contributed by atoms with Gasteiger partial charge in [0.15, 0.2) is 5.87 Å². The summed E-state index contributed by atoms with van der Waals surface area (Å²) >= 11 is 0. The maximum Gasteiger partial charge on any atom is 0.226 e. The van der Waals surface area contributed by atoms with Crippen LogP contribution in [0.4, 0.5) is 5.69 Å². The van der Waals surface area contributed by atoms with E-state index in [0.717, 1.165) is 16.7 Å². The van der Waals surface area contributed by atoms with Crippen molar-refractivity contribution >= 4 is 22.6 Å². The van der Waals surface area contributed by atoms with E-state index in [4.69, 9.17) is 0 Å². The largest absolute Gasteiger partial charge is 0.335 e. The van der Waals surface area contributed by atoms with E-state index in [0.29, 0.717) is 0 Å². The van der Waals surface area contributed by atoms with Crippen LogP contribution in [0, 0.1) is 0 Å². The summed E-state index contributed by atoms with van der Waals surface area (Å²) in [5, 5.41) is 1.12. The Hall–Kier alpha value is -1.86. The second-order valence-corrected chi connectivity index (χ2v) is 3.21. The third-order valence-corrected chi connectivity index (χ3v) is 2.34. The van der Waals surface area contributed by atoms with Crippen LogP contribution in [-0.4, -0.2) is 27.0 Å². The highest BCUT2D eigenvalue weighted by Crippen LogP contribution is 2.22. The molecule has 3 nitrogen and oxygen atoms in total.